The van der Waals surface area contributed by atoms with E-state index in [4.69, 9.17) is 4.74 Å². The number of aliphatic hydroxyl groups excluding tert-OH is 2. The van der Waals surface area contributed by atoms with Crippen molar-refractivity contribution < 1.29 is 19.7 Å². The summed E-state index contributed by atoms with van der Waals surface area (Å²) in [6, 6.07) is 17.1. The minimum Gasteiger partial charge on any atom is -0.474 e. The number of ether oxygens (including phenoxy) is 1. The number of hydrogen-bond acceptors (Lipinski definition) is 7. The van der Waals surface area contributed by atoms with Crippen molar-refractivity contribution in [2.75, 3.05) is 13.1 Å². The Bertz CT molecular complexity index is 1340. The Balaban J connectivity index is 1.04. The van der Waals surface area contributed by atoms with E-state index in [1.807, 2.05) is 30.3 Å². The third-order valence-electron chi connectivity index (χ3n) is 7.22. The number of imidazole rings is 1. The summed E-state index contributed by atoms with van der Waals surface area (Å²) in [6.07, 6.45) is 4.83. The van der Waals surface area contributed by atoms with E-state index in [0.717, 1.165) is 59.4 Å². The van der Waals surface area contributed by atoms with Crippen molar-refractivity contribution in [3.05, 3.63) is 60.9 Å². The van der Waals surface area contributed by atoms with Gasteiger partial charge in [0.15, 0.2) is 0 Å². The molecule has 4 heterocycles. The first kappa shape index (κ1) is 23.4. The molecule has 2 fully saturated rings. The molecular formula is C28H27N5O4. The highest BCUT2D eigenvalue weighted by molar-refractivity contribution is 5.79. The number of rotatable bonds is 5. The van der Waals surface area contributed by atoms with Gasteiger partial charge in [0.2, 0.25) is 11.8 Å². The normalized spacial score (nSPS) is 23.7. The molecule has 1 saturated carbocycles. The number of H-pyrrole nitrogens is 1. The monoisotopic (exact) mass is 497 g/mol. The number of hydrogen-bond donors (Lipinski definition) is 3. The van der Waals surface area contributed by atoms with Gasteiger partial charge in [-0.05, 0) is 43.9 Å². The third kappa shape index (κ3) is 4.86. The molecule has 1 aromatic carbocycles. The smallest absolute Gasteiger partial charge is 0.225 e. The zero-order chi connectivity index (χ0) is 25.4. The Labute approximate surface area is 214 Å². The molecule has 0 spiro atoms. The van der Waals surface area contributed by atoms with E-state index in [2.05, 4.69) is 32.1 Å². The van der Waals surface area contributed by atoms with Crippen molar-refractivity contribution in [2.45, 2.75) is 44.0 Å². The molecule has 1 aliphatic carbocycles. The zero-order valence-corrected chi connectivity index (χ0v) is 20.2. The molecule has 2 atom stereocenters. The van der Waals surface area contributed by atoms with Crippen LogP contribution in [0.1, 0.15) is 25.7 Å². The van der Waals surface area contributed by atoms with Gasteiger partial charge in [0.05, 0.1) is 28.9 Å². The van der Waals surface area contributed by atoms with Gasteiger partial charge in [0.25, 0.3) is 0 Å². The van der Waals surface area contributed by atoms with Crippen molar-refractivity contribution in [3.63, 3.8) is 0 Å². The fourth-order valence-corrected chi connectivity index (χ4v) is 5.09. The number of carbonyl (C=O) groups excluding carboxylic acids is 1. The highest BCUT2D eigenvalue weighted by Gasteiger charge is 2.37. The number of aromatic amines is 1. The maximum Gasteiger partial charge on any atom is 0.225 e. The van der Waals surface area contributed by atoms with Gasteiger partial charge >= 0.3 is 0 Å². The number of nitrogens with zero attached hydrogens (tertiary/aromatic N) is 4. The van der Waals surface area contributed by atoms with Crippen molar-refractivity contribution in [1.82, 2.24) is 24.8 Å². The predicted octanol–water partition coefficient (Wildman–Crippen LogP) is 2.79. The molecule has 1 amide bonds. The SMILES string of the molecule is O=C(C1CCC(Oc2ccc(-c3ccc(-c4nc5cc#ccc5[nH]4)cn3)cn2)CC1)N1CC(O)C(O)C1. The predicted molar refractivity (Wildman–Crippen MR) is 135 cm³/mol. The lowest BCUT2D eigenvalue weighted by atomic mass is 9.86. The molecule has 188 valence electrons. The van der Waals surface area contributed by atoms with Crippen molar-refractivity contribution in [2.24, 2.45) is 5.92 Å². The van der Waals surface area contributed by atoms with Crippen molar-refractivity contribution in [1.29, 1.82) is 0 Å². The van der Waals surface area contributed by atoms with E-state index in [1.54, 1.807) is 23.4 Å². The van der Waals surface area contributed by atoms with Crippen LogP contribution >= 0.6 is 0 Å². The number of carbonyl (C=O) groups is 1. The fourth-order valence-electron chi connectivity index (χ4n) is 5.09. The second-order valence-corrected chi connectivity index (χ2v) is 9.75. The molecule has 2 aliphatic rings. The maximum atomic E-state index is 12.7. The average molecular weight is 498 g/mol. The molecule has 2 unspecified atom stereocenters. The Hall–Kier alpha value is -4.00. The second-order valence-electron chi connectivity index (χ2n) is 9.75. The molecule has 0 radical (unpaired) electrons. The highest BCUT2D eigenvalue weighted by atomic mass is 16.5. The van der Waals surface area contributed by atoms with Crippen LogP contribution in [-0.4, -0.2) is 72.4 Å². The van der Waals surface area contributed by atoms with Crippen LogP contribution in [0.4, 0.5) is 0 Å². The summed E-state index contributed by atoms with van der Waals surface area (Å²) in [4.78, 5) is 31.2. The molecular weight excluding hydrogens is 470 g/mol. The van der Waals surface area contributed by atoms with Gasteiger partial charge in [-0.15, -0.1) is 0 Å². The molecule has 4 aromatic rings. The van der Waals surface area contributed by atoms with Gasteiger partial charge in [-0.1, -0.05) is 12.1 Å². The zero-order valence-electron chi connectivity index (χ0n) is 20.2. The van der Waals surface area contributed by atoms with Crippen LogP contribution in [0.5, 0.6) is 5.88 Å². The van der Waals surface area contributed by atoms with Crippen LogP contribution in [0.3, 0.4) is 0 Å². The van der Waals surface area contributed by atoms with Gasteiger partial charge in [-0.2, -0.15) is 0 Å². The molecule has 3 aromatic heterocycles. The number of amides is 1. The Morgan fingerprint density at radius 1 is 0.946 bits per heavy atom. The molecule has 37 heavy (non-hydrogen) atoms. The molecule has 3 N–H and O–H groups in total. The summed E-state index contributed by atoms with van der Waals surface area (Å²) in [5.74, 6) is 1.23. The van der Waals surface area contributed by atoms with Crippen molar-refractivity contribution >= 4 is 16.9 Å². The van der Waals surface area contributed by atoms with Gasteiger partial charge in [-0.3, -0.25) is 9.78 Å². The minimum absolute atomic E-state index is 0.00794. The van der Waals surface area contributed by atoms with Crippen LogP contribution in [0.15, 0.2) is 48.8 Å². The molecule has 1 aliphatic heterocycles. The quantitative estimate of drug-likeness (QED) is 0.387. The van der Waals surface area contributed by atoms with E-state index in [-0.39, 0.29) is 31.0 Å². The van der Waals surface area contributed by atoms with Crippen LogP contribution in [0.2, 0.25) is 0 Å². The first-order valence-corrected chi connectivity index (χ1v) is 12.6. The maximum absolute atomic E-state index is 12.7. The van der Waals surface area contributed by atoms with Crippen LogP contribution in [-0.2, 0) is 4.79 Å². The summed E-state index contributed by atoms with van der Waals surface area (Å²) >= 11 is 0. The number of pyridine rings is 2. The highest BCUT2D eigenvalue weighted by Crippen LogP contribution is 2.30. The van der Waals surface area contributed by atoms with Crippen LogP contribution < -0.4 is 4.74 Å². The largest absolute Gasteiger partial charge is 0.474 e. The Morgan fingerprint density at radius 2 is 1.68 bits per heavy atom. The summed E-state index contributed by atoms with van der Waals surface area (Å²) in [6.45, 7) is 0.420. The molecule has 0 bridgehead atoms. The lowest BCUT2D eigenvalue weighted by Crippen LogP contribution is -2.38. The van der Waals surface area contributed by atoms with Crippen LogP contribution in [0, 0.1) is 18.1 Å². The summed E-state index contributed by atoms with van der Waals surface area (Å²) in [5, 5.41) is 19.4. The van der Waals surface area contributed by atoms with Gasteiger partial charge in [-0.25, -0.2) is 9.97 Å². The first-order chi connectivity index (χ1) is 18.0. The van der Waals surface area contributed by atoms with Crippen LogP contribution in [0.25, 0.3) is 33.7 Å². The van der Waals surface area contributed by atoms with E-state index < -0.39 is 12.2 Å². The third-order valence-corrected chi connectivity index (χ3v) is 7.22. The number of fused-ring (bicyclic) bond motifs is 1. The first-order valence-electron chi connectivity index (χ1n) is 12.6. The summed E-state index contributed by atoms with van der Waals surface area (Å²) in [5.41, 5.74) is 4.32. The Morgan fingerprint density at radius 3 is 2.35 bits per heavy atom. The van der Waals surface area contributed by atoms with E-state index in [9.17, 15) is 15.0 Å². The minimum atomic E-state index is -0.847. The molecule has 9 heteroatoms. The second kappa shape index (κ2) is 9.81. The lowest BCUT2D eigenvalue weighted by Gasteiger charge is -2.30. The van der Waals surface area contributed by atoms with E-state index in [0.29, 0.717) is 5.88 Å². The van der Waals surface area contributed by atoms with Gasteiger partial charge in [0, 0.05) is 60.7 Å². The van der Waals surface area contributed by atoms with E-state index >= 15 is 0 Å². The fraction of sp³-hybridized carbons (Fsp3) is 0.357. The topological polar surface area (TPSA) is 124 Å². The molecule has 6 rings (SSSR count). The van der Waals surface area contributed by atoms with Crippen molar-refractivity contribution in [3.8, 4) is 28.5 Å². The average Bonchev–Trinajstić information content (AvgIpc) is 3.52. The number of β-amino-alcohol motifs (C(OH)–C–C–N with tert-alkyl or cyclic N) is 2. The summed E-state index contributed by atoms with van der Waals surface area (Å²) < 4.78 is 6.09. The standard InChI is InChI=1S/C28H27N5O4/c34-24-15-33(16-25(24)35)28(36)17-5-9-20(10-6-17)37-26-12-8-18(13-30-26)21-11-7-19(14-29-21)27-31-22-3-1-2-4-23(22)32-27/h3-4,7-8,11-14,17,20,24-25,34-35H,5-6,9-10,15-16H2,(H,31,32). The van der Waals surface area contributed by atoms with Gasteiger partial charge in [0.1, 0.15) is 11.9 Å². The Kier molecular flexibility index (Phi) is 6.20. The summed E-state index contributed by atoms with van der Waals surface area (Å²) in [7, 11) is 0. The van der Waals surface area contributed by atoms with E-state index in [1.165, 1.54) is 0 Å². The molecule has 9 nitrogen and oxygen atoms in total. The number of aliphatic hydroxyl groups is 2. The molecule has 1 saturated heterocycles. The number of nitrogens with one attached hydrogen (secondary N) is 1. The lowest BCUT2D eigenvalue weighted by molar-refractivity contribution is -0.136. The number of likely N-dealkylation sites (tertiary alicyclic amines) is 1. The number of aromatic nitrogens is 4. The van der Waals surface area contributed by atoms with Gasteiger partial charge < -0.3 is 24.8 Å².